The third-order valence-electron chi connectivity index (χ3n) is 15.0. The van der Waals surface area contributed by atoms with Crippen LogP contribution in [0.2, 0.25) is 0 Å². The molecular weight excluding hydrogens is 1050 g/mol. The van der Waals surface area contributed by atoms with E-state index in [1.165, 1.54) is 60.8 Å². The first-order valence-electron chi connectivity index (χ1n) is 28.9. The number of nitrogens with one attached hydrogen (secondary N) is 2. The summed E-state index contributed by atoms with van der Waals surface area (Å²) in [6.07, 6.45) is 16.8. The van der Waals surface area contributed by atoms with Crippen LogP contribution in [-0.4, -0.2) is 102 Å². The predicted octanol–water partition coefficient (Wildman–Crippen LogP) is 12.7. The molecule has 6 rings (SSSR count). The Morgan fingerprint density at radius 2 is 0.901 bits per heavy atom. The first-order valence-corrected chi connectivity index (χ1v) is 30.4. The molecule has 2 heterocycles. The molecule has 18 heteroatoms. The van der Waals surface area contributed by atoms with Gasteiger partial charge in [-0.15, -0.1) is 0 Å². The van der Waals surface area contributed by atoms with Crippen LogP contribution in [0.15, 0.2) is 84.9 Å². The number of nitrogens with two attached hydrogens (primary N) is 1. The Bertz CT molecular complexity index is 2540. The van der Waals surface area contributed by atoms with Crippen LogP contribution in [0, 0.1) is 0 Å². The minimum Gasteiger partial charge on any atom is -0.492 e. The molecule has 17 nitrogen and oxygen atoms in total. The molecule has 0 saturated heterocycles. The van der Waals surface area contributed by atoms with Crippen LogP contribution in [0.4, 0.5) is 4.79 Å². The van der Waals surface area contributed by atoms with Gasteiger partial charge in [-0.3, -0.25) is 0 Å². The highest BCUT2D eigenvalue weighted by Gasteiger charge is 2.44. The molecule has 4 N–H and O–H groups in total. The van der Waals surface area contributed by atoms with Crippen LogP contribution in [0.1, 0.15) is 171 Å². The highest BCUT2D eigenvalue weighted by Crippen LogP contribution is 2.51. The highest BCUT2D eigenvalue weighted by atomic mass is 32.2. The molecule has 0 spiro atoms. The third kappa shape index (κ3) is 21.7. The molecule has 2 aliphatic heterocycles. The van der Waals surface area contributed by atoms with Crippen LogP contribution in [-0.2, 0) is 44.7 Å². The van der Waals surface area contributed by atoms with Crippen LogP contribution in [0.5, 0.6) is 34.5 Å². The van der Waals surface area contributed by atoms with Gasteiger partial charge >= 0.3 is 16.3 Å². The fourth-order valence-corrected chi connectivity index (χ4v) is 11.4. The lowest BCUT2D eigenvalue weighted by molar-refractivity contribution is 0.0504. The first kappa shape index (κ1) is 66.5. The summed E-state index contributed by atoms with van der Waals surface area (Å²) in [4.78, 5) is 11.7. The Balaban J connectivity index is 0.000000308. The molecule has 4 aromatic rings. The summed E-state index contributed by atoms with van der Waals surface area (Å²) in [5, 5.41) is 0. The van der Waals surface area contributed by atoms with Crippen molar-refractivity contribution in [3.63, 3.8) is 0 Å². The molecule has 2 aliphatic rings. The summed E-state index contributed by atoms with van der Waals surface area (Å²) < 4.78 is 88.7. The molecule has 4 unspecified atom stereocenters. The van der Waals surface area contributed by atoms with Gasteiger partial charge in [0.1, 0.15) is 40.1 Å². The second-order valence-electron chi connectivity index (χ2n) is 22.5. The summed E-state index contributed by atoms with van der Waals surface area (Å²) >= 11 is 0. The van der Waals surface area contributed by atoms with E-state index in [9.17, 15) is 13.2 Å². The molecule has 0 fully saturated rings. The van der Waals surface area contributed by atoms with Crippen molar-refractivity contribution < 1.29 is 65.3 Å². The maximum Gasteiger partial charge on any atom is 0.422 e. The third-order valence-corrected chi connectivity index (χ3v) is 16.0. The number of amides is 1. The molecule has 0 aromatic heterocycles. The average molecular weight is 1150 g/mol. The van der Waals surface area contributed by atoms with Crippen LogP contribution >= 0.6 is 0 Å². The molecule has 81 heavy (non-hydrogen) atoms. The molecule has 4 atom stereocenters. The van der Waals surface area contributed by atoms with Crippen molar-refractivity contribution in [3.05, 3.63) is 107 Å². The van der Waals surface area contributed by atoms with E-state index >= 15 is 0 Å². The minimum atomic E-state index is -3.94. The fraction of sp³-hybridized carbons (Fsp3) is 0.603. The van der Waals surface area contributed by atoms with Gasteiger partial charge in [0.15, 0.2) is 27.2 Å². The number of carbonyl (C=O) groups is 1. The zero-order valence-corrected chi connectivity index (χ0v) is 50.7. The zero-order chi connectivity index (χ0) is 58.6. The maximum absolute atomic E-state index is 12.0. The fourth-order valence-electron chi connectivity index (χ4n) is 10.7. The van der Waals surface area contributed by atoms with Gasteiger partial charge in [-0.25, -0.2) is 9.52 Å². The first-order chi connectivity index (χ1) is 39.0. The van der Waals surface area contributed by atoms with Crippen molar-refractivity contribution in [3.8, 4) is 34.5 Å². The lowest BCUT2D eigenvalue weighted by Crippen LogP contribution is -2.43. The molecule has 4 aromatic carbocycles. The molecule has 0 aliphatic carbocycles. The van der Waals surface area contributed by atoms with Gasteiger partial charge in [-0.05, 0) is 112 Å². The van der Waals surface area contributed by atoms with E-state index in [1.54, 1.807) is 49.2 Å². The Morgan fingerprint density at radius 3 is 1.28 bits per heavy atom. The van der Waals surface area contributed by atoms with Gasteiger partial charge < -0.3 is 57.8 Å². The van der Waals surface area contributed by atoms with E-state index in [0.29, 0.717) is 25.6 Å². The lowest BCUT2D eigenvalue weighted by atomic mass is 9.66. The van der Waals surface area contributed by atoms with Crippen LogP contribution in [0.25, 0.3) is 0 Å². The second-order valence-corrected chi connectivity index (χ2v) is 24.0. The highest BCUT2D eigenvalue weighted by molar-refractivity contribution is 7.88. The van der Waals surface area contributed by atoms with Gasteiger partial charge in [-0.1, -0.05) is 127 Å². The predicted molar refractivity (Wildman–Crippen MR) is 316 cm³/mol. The van der Waals surface area contributed by atoms with Gasteiger partial charge in [-0.2, -0.15) is 13.1 Å². The van der Waals surface area contributed by atoms with Gasteiger partial charge in [0, 0.05) is 69.8 Å². The topological polar surface area (TPSA) is 203 Å². The Hall–Kier alpha value is -5.34. The van der Waals surface area contributed by atoms with E-state index in [2.05, 4.69) is 55.0 Å². The van der Waals surface area contributed by atoms with Crippen LogP contribution in [0.3, 0.4) is 0 Å². The number of hydrogen-bond donors (Lipinski definition) is 3. The average Bonchev–Trinajstić information content (AvgIpc) is 3.58. The number of ether oxygens (including phenoxy) is 11. The van der Waals surface area contributed by atoms with E-state index < -0.39 is 21.9 Å². The number of methoxy groups -OCH3 is 4. The maximum atomic E-state index is 12.0. The van der Waals surface area contributed by atoms with Gasteiger partial charge in [0.05, 0.1) is 13.2 Å². The number of benzene rings is 4. The minimum absolute atomic E-state index is 0.136. The number of fused-ring (bicyclic) bond motifs is 2. The monoisotopic (exact) mass is 1150 g/mol. The van der Waals surface area contributed by atoms with Crippen molar-refractivity contribution in [2.75, 3.05) is 81.9 Å². The Labute approximate surface area is 484 Å². The van der Waals surface area contributed by atoms with Crippen molar-refractivity contribution in [2.24, 2.45) is 5.73 Å². The summed E-state index contributed by atoms with van der Waals surface area (Å²) in [6, 6.07) is 28.8. The number of rotatable bonds is 35. The molecule has 1 amide bonds. The van der Waals surface area contributed by atoms with Crippen LogP contribution < -0.4 is 43.6 Å². The van der Waals surface area contributed by atoms with Gasteiger partial charge in [0.25, 0.3) is 0 Å². The number of hydrogen-bond acceptors (Lipinski definition) is 15. The lowest BCUT2D eigenvalue weighted by Gasteiger charge is -2.43. The quantitative estimate of drug-likeness (QED) is 0.0290. The van der Waals surface area contributed by atoms with E-state index in [-0.39, 0.29) is 50.5 Å². The molecule has 0 bridgehead atoms. The summed E-state index contributed by atoms with van der Waals surface area (Å²) in [5.74, 6) is 5.43. The number of carbonyl (C=O) groups excluding carboxylic acids is 1. The molecule has 452 valence electrons. The van der Waals surface area contributed by atoms with E-state index in [1.807, 2.05) is 53.3 Å². The zero-order valence-electron chi connectivity index (χ0n) is 49.9. The normalized spacial score (nSPS) is 18.4. The van der Waals surface area contributed by atoms with E-state index in [4.69, 9.17) is 57.8 Å². The summed E-state index contributed by atoms with van der Waals surface area (Å²) in [6.45, 7) is 12.7. The van der Waals surface area contributed by atoms with E-state index in [0.717, 1.165) is 98.8 Å². The van der Waals surface area contributed by atoms with Crippen molar-refractivity contribution >= 4 is 16.3 Å². The smallest absolute Gasteiger partial charge is 0.422 e. The molecular formula is C63H95N3O14S. The van der Waals surface area contributed by atoms with Crippen molar-refractivity contribution in [2.45, 2.75) is 166 Å². The Kier molecular flexibility index (Phi) is 28.2. The van der Waals surface area contributed by atoms with Gasteiger partial charge in [0.2, 0.25) is 0 Å². The van der Waals surface area contributed by atoms with Crippen molar-refractivity contribution in [1.29, 1.82) is 0 Å². The largest absolute Gasteiger partial charge is 0.492 e. The summed E-state index contributed by atoms with van der Waals surface area (Å²) in [5.41, 5.74) is 9.37. The molecule has 0 saturated carbocycles. The second kappa shape index (κ2) is 34.3. The standard InChI is InChI=1S/C34H52N2O9S.C29H43NO5/c1-33(2,3)45-32(37)36-46(38,39)35-21-13-11-9-7-8-10-12-14-30-29-20-19-28(44-25-41-6)22-31(29)42-23-34(30,4)26-15-17-27(18-16-26)43-24-40-5;1-29(23-12-14-24(15-13-23)34-21-31-2)20-33-28-19-25(35-22-32-3)16-17-26(28)27(29)11-9-7-5-4-6-8-10-18-30/h15-20,22,30,35H,7-14,21,23-25H2,1-6H3,(H,36,37);12-17,19,27H,4-11,18,20-22,30H2,1-3H3. The number of unbranched alkanes of at least 4 members (excludes halogenated alkanes) is 12. The molecule has 0 radical (unpaired) electrons. The summed E-state index contributed by atoms with van der Waals surface area (Å²) in [7, 11) is 2.51. The SMILES string of the molecule is COCOc1ccc(C2(C)COc3cc(OCOC)ccc3C2CCCCCCCCCN)cc1.COCOc1ccc(C2(C)COc3cc(OCOC)ccc3C2CCCCCCCCCNS(=O)(=O)NC(=O)OC(C)(C)C)cc1. The van der Waals surface area contributed by atoms with Crippen molar-refractivity contribution in [1.82, 2.24) is 9.44 Å². The Morgan fingerprint density at radius 1 is 0.543 bits per heavy atom.